The number of aromatic hydroxyl groups is 2. The summed E-state index contributed by atoms with van der Waals surface area (Å²) in [5.41, 5.74) is 5.86. The quantitative estimate of drug-likeness (QED) is 0.0857. The van der Waals surface area contributed by atoms with Gasteiger partial charge >= 0.3 is 6.01 Å². The zero-order valence-electron chi connectivity index (χ0n) is 44.4. The van der Waals surface area contributed by atoms with E-state index in [2.05, 4.69) is 114 Å². The van der Waals surface area contributed by atoms with Crippen LogP contribution in [0.15, 0.2) is 91.3 Å². The summed E-state index contributed by atoms with van der Waals surface area (Å²) in [6, 6.07) is 28.3. The lowest BCUT2D eigenvalue weighted by Crippen LogP contribution is -2.55. The maximum atomic E-state index is 14.1. The van der Waals surface area contributed by atoms with Crippen molar-refractivity contribution in [3.8, 4) is 40.7 Å². The molecule has 10 rings (SSSR count). The van der Waals surface area contributed by atoms with E-state index in [-0.39, 0.29) is 48.2 Å². The Morgan fingerprint density at radius 2 is 1.64 bits per heavy atom. The predicted molar refractivity (Wildman–Crippen MR) is 293 cm³/mol. The third-order valence-electron chi connectivity index (χ3n) is 15.9. The van der Waals surface area contributed by atoms with Crippen molar-refractivity contribution in [2.75, 3.05) is 88.9 Å². The molecule has 3 atom stereocenters. The molecule has 0 saturated carbocycles. The van der Waals surface area contributed by atoms with E-state index in [1.165, 1.54) is 21.7 Å². The number of fused-ring (bicyclic) bond motifs is 2. The van der Waals surface area contributed by atoms with Gasteiger partial charge in [0.15, 0.2) is 11.7 Å². The van der Waals surface area contributed by atoms with Gasteiger partial charge in [0, 0.05) is 112 Å². The maximum Gasteiger partial charge on any atom is 0.318 e. The molecule has 402 valence electrons. The SMILES string of the molecule is C=C(F)C(=O)N1CCN(c2nc(OC[C@@H]3CC[C@H](CN4CCN(Cc5ccc(-n6c(C(=O)NCC)nnc6-c6cc(C(C)C)c(O)cc6O)cc5)CC4)N3C)nc3c2CCN(c2cccc4ccccc24)C3)C[C@@H]1CC#N. The summed E-state index contributed by atoms with van der Waals surface area (Å²) >= 11 is 0. The number of aromatic nitrogens is 5. The van der Waals surface area contributed by atoms with Crippen molar-refractivity contribution in [3.05, 3.63) is 119 Å². The van der Waals surface area contributed by atoms with Crippen LogP contribution in [0.4, 0.5) is 15.9 Å². The van der Waals surface area contributed by atoms with Crippen LogP contribution in [0.2, 0.25) is 0 Å². The Hall–Kier alpha value is -7.66. The first-order valence-corrected chi connectivity index (χ1v) is 26.9. The molecule has 18 nitrogen and oxygen atoms in total. The van der Waals surface area contributed by atoms with Gasteiger partial charge in [0.25, 0.3) is 11.8 Å². The number of nitrogens with zero attached hydrogens (tertiary/aromatic N) is 12. The van der Waals surface area contributed by atoms with E-state index in [1.807, 2.05) is 32.9 Å². The van der Waals surface area contributed by atoms with Crippen molar-refractivity contribution in [2.24, 2.45) is 0 Å². The number of ether oxygens (including phenoxy) is 1. The molecule has 0 radical (unpaired) electrons. The number of carbonyl (C=O) groups is 2. The van der Waals surface area contributed by atoms with Crippen LogP contribution in [-0.2, 0) is 24.3 Å². The van der Waals surface area contributed by atoms with Gasteiger partial charge in [0.1, 0.15) is 23.9 Å². The fourth-order valence-electron chi connectivity index (χ4n) is 11.6. The molecule has 3 N–H and O–H groups in total. The Morgan fingerprint density at radius 3 is 2.39 bits per heavy atom. The molecule has 2 amide bonds. The van der Waals surface area contributed by atoms with Gasteiger partial charge in [-0.25, -0.2) is 4.39 Å². The third kappa shape index (κ3) is 11.1. The van der Waals surface area contributed by atoms with Gasteiger partial charge in [-0.05, 0) is 79.9 Å². The van der Waals surface area contributed by atoms with E-state index >= 15 is 0 Å². The number of rotatable bonds is 16. The largest absolute Gasteiger partial charge is 0.508 e. The van der Waals surface area contributed by atoms with Gasteiger partial charge in [-0.15, -0.1) is 10.2 Å². The van der Waals surface area contributed by atoms with E-state index in [1.54, 1.807) is 10.6 Å². The summed E-state index contributed by atoms with van der Waals surface area (Å²) in [4.78, 5) is 49.6. The Kier molecular flexibility index (Phi) is 15.7. The first kappa shape index (κ1) is 52.8. The van der Waals surface area contributed by atoms with E-state index in [0.717, 1.165) is 87.0 Å². The number of phenols is 2. The normalized spacial score (nSPS) is 19.4. The van der Waals surface area contributed by atoms with Gasteiger partial charge in [0.2, 0.25) is 5.82 Å². The number of likely N-dealkylation sites (tertiary alicyclic amines) is 1. The number of benzene rings is 4. The zero-order chi connectivity index (χ0) is 53.9. The minimum atomic E-state index is -1.03. The standard InChI is InChI=1S/C58H68FN13O5/c1-6-61-56(75)55-65-64-54(48-30-47(37(2)3)51(73)31-52(48)74)72(55)41-16-14-39(15-17-41)32-67-24-26-68(27-25-67)33-42-18-19-44(66(42)5)36-77-58-62-49-35-69(50-13-9-11-40-10-7-8-12-45(40)50)23-21-46(49)53(63-58)70-28-29-71(57(76)38(4)59)43(34-70)20-22-60/h7-17,30-31,37,42-44,73-74H,4,6,18-21,23-29,32-36H2,1-3,5H3,(H,61,75)/t42-,43+,44+/m1/s1. The Morgan fingerprint density at radius 1 is 0.883 bits per heavy atom. The van der Waals surface area contributed by atoms with E-state index < -0.39 is 17.8 Å². The second-order valence-electron chi connectivity index (χ2n) is 21.0. The molecule has 77 heavy (non-hydrogen) atoms. The van der Waals surface area contributed by atoms with Crippen molar-refractivity contribution in [2.45, 2.75) is 83.6 Å². The second kappa shape index (κ2) is 22.9. The summed E-state index contributed by atoms with van der Waals surface area (Å²) in [5.74, 6) is -1.26. The summed E-state index contributed by atoms with van der Waals surface area (Å²) in [6.07, 6.45) is 2.77. The smallest absolute Gasteiger partial charge is 0.318 e. The number of hydrogen-bond donors (Lipinski definition) is 3. The predicted octanol–water partition coefficient (Wildman–Crippen LogP) is 6.80. The highest BCUT2D eigenvalue weighted by Crippen LogP contribution is 2.39. The Bertz CT molecular complexity index is 3180. The number of anilines is 2. The van der Waals surface area contributed by atoms with E-state index in [0.29, 0.717) is 73.9 Å². The Balaban J connectivity index is 0.777. The minimum absolute atomic E-state index is 0.00935. The highest BCUT2D eigenvalue weighted by molar-refractivity contribution is 5.95. The first-order chi connectivity index (χ1) is 37.3. The molecule has 0 bridgehead atoms. The highest BCUT2D eigenvalue weighted by Gasteiger charge is 2.37. The molecule has 2 aromatic heterocycles. The van der Waals surface area contributed by atoms with Crippen molar-refractivity contribution >= 4 is 34.1 Å². The lowest BCUT2D eigenvalue weighted by Gasteiger charge is -2.42. The molecule has 4 aliphatic rings. The van der Waals surface area contributed by atoms with E-state index in [9.17, 15) is 29.5 Å². The number of nitrogens with one attached hydrogen (secondary N) is 1. The number of amides is 2. The number of nitriles is 1. The highest BCUT2D eigenvalue weighted by atomic mass is 19.1. The minimum Gasteiger partial charge on any atom is -0.508 e. The molecule has 4 aromatic carbocycles. The average molecular weight is 1050 g/mol. The molecule has 0 aliphatic carbocycles. The zero-order valence-corrected chi connectivity index (χ0v) is 44.4. The maximum absolute atomic E-state index is 14.1. The summed E-state index contributed by atoms with van der Waals surface area (Å²) in [6.45, 7) is 17.5. The first-order valence-electron chi connectivity index (χ1n) is 26.9. The van der Waals surface area contributed by atoms with Crippen LogP contribution in [0.3, 0.4) is 0 Å². The number of halogens is 1. The van der Waals surface area contributed by atoms with Crippen molar-refractivity contribution in [1.29, 1.82) is 5.26 Å². The second-order valence-corrected chi connectivity index (χ2v) is 21.0. The molecule has 6 aromatic rings. The molecule has 0 spiro atoms. The fourth-order valence-corrected chi connectivity index (χ4v) is 11.6. The van der Waals surface area contributed by atoms with Gasteiger partial charge in [-0.2, -0.15) is 15.2 Å². The van der Waals surface area contributed by atoms with Crippen LogP contribution in [0.25, 0.3) is 27.8 Å². The van der Waals surface area contributed by atoms with E-state index in [4.69, 9.17) is 14.7 Å². The number of hydrogen-bond acceptors (Lipinski definition) is 15. The number of piperazine rings is 2. The molecule has 3 saturated heterocycles. The van der Waals surface area contributed by atoms with Crippen LogP contribution in [-0.4, -0.2) is 164 Å². The summed E-state index contributed by atoms with van der Waals surface area (Å²) in [7, 11) is 2.19. The lowest BCUT2D eigenvalue weighted by atomic mass is 9.98. The number of phenolic OH excluding ortho intramolecular Hbond substituents is 2. The molecular weight excluding hydrogens is 978 g/mol. The van der Waals surface area contributed by atoms with Crippen LogP contribution in [0, 0.1) is 11.3 Å². The van der Waals surface area contributed by atoms with Crippen LogP contribution in [0.5, 0.6) is 17.5 Å². The molecule has 3 fully saturated rings. The number of likely N-dealkylation sites (N-methyl/N-ethyl adjacent to an activating group) is 1. The van der Waals surface area contributed by atoms with Crippen LogP contribution >= 0.6 is 0 Å². The van der Waals surface area contributed by atoms with Crippen LogP contribution in [0.1, 0.15) is 79.0 Å². The molecule has 4 aliphatic heterocycles. The number of carbonyl (C=O) groups excluding carboxylic acids is 2. The monoisotopic (exact) mass is 1050 g/mol. The molecule has 0 unspecified atom stereocenters. The lowest BCUT2D eigenvalue weighted by molar-refractivity contribution is -0.131. The van der Waals surface area contributed by atoms with Gasteiger partial charge in [-0.3, -0.25) is 28.9 Å². The summed E-state index contributed by atoms with van der Waals surface area (Å²) < 4.78 is 22.4. The molecule has 6 heterocycles. The van der Waals surface area contributed by atoms with Gasteiger partial charge < -0.3 is 35.0 Å². The van der Waals surface area contributed by atoms with Gasteiger partial charge in [-0.1, -0.05) is 69.0 Å². The fraction of sp³-hybridized carbons (Fsp3) is 0.431. The van der Waals surface area contributed by atoms with Crippen molar-refractivity contribution < 1.29 is 28.9 Å². The van der Waals surface area contributed by atoms with Crippen molar-refractivity contribution in [3.63, 3.8) is 0 Å². The van der Waals surface area contributed by atoms with Gasteiger partial charge in [0.05, 0.1) is 36.3 Å². The average Bonchev–Trinajstić information content (AvgIpc) is 4.12. The Labute approximate surface area is 449 Å². The topological polar surface area (TPSA) is 196 Å². The summed E-state index contributed by atoms with van der Waals surface area (Å²) in [5, 5.41) is 45.0. The van der Waals surface area contributed by atoms with Crippen molar-refractivity contribution in [1.82, 2.24) is 49.6 Å². The molecule has 19 heteroatoms. The third-order valence-corrected chi connectivity index (χ3v) is 15.9. The molecular formula is C58H68FN13O5. The van der Waals surface area contributed by atoms with Crippen LogP contribution < -0.4 is 19.9 Å².